The minimum absolute atomic E-state index is 0.306. The Morgan fingerprint density at radius 3 is 1.94 bits per heavy atom. The van der Waals surface area contributed by atoms with Gasteiger partial charge in [-0.25, -0.2) is 0 Å². The summed E-state index contributed by atoms with van der Waals surface area (Å²) in [5, 5.41) is 9.20. The fourth-order valence-corrected chi connectivity index (χ4v) is 1.72. The van der Waals surface area contributed by atoms with Gasteiger partial charge in [-0.15, -0.1) is 0 Å². The number of aromatic hydroxyl groups is 1. The summed E-state index contributed by atoms with van der Waals surface area (Å²) in [5.41, 5.74) is 2.42. The zero-order valence-electron chi connectivity index (χ0n) is 9.89. The second kappa shape index (κ2) is 5.39. The van der Waals surface area contributed by atoms with Crippen molar-refractivity contribution in [2.24, 2.45) is 0 Å². The van der Waals surface area contributed by atoms with Crippen LogP contribution in [0.2, 0.25) is 0 Å². The van der Waals surface area contributed by atoms with Crippen LogP contribution in [0.25, 0.3) is 0 Å². The lowest BCUT2D eigenvalue weighted by molar-refractivity contribution is 0.340. The summed E-state index contributed by atoms with van der Waals surface area (Å²) in [6.07, 6.45) is 0.868. The molecule has 17 heavy (non-hydrogen) atoms. The quantitative estimate of drug-likeness (QED) is 0.869. The summed E-state index contributed by atoms with van der Waals surface area (Å²) in [6.45, 7) is 2.67. The fourth-order valence-electron chi connectivity index (χ4n) is 1.72. The van der Waals surface area contributed by atoms with Gasteiger partial charge in [-0.1, -0.05) is 24.3 Å². The maximum atomic E-state index is 9.20. The zero-order valence-corrected chi connectivity index (χ0v) is 9.89. The van der Waals surface area contributed by atoms with Crippen LogP contribution in [0.15, 0.2) is 48.5 Å². The summed E-state index contributed by atoms with van der Waals surface area (Å²) >= 11 is 0. The minimum Gasteiger partial charge on any atom is -0.508 e. The van der Waals surface area contributed by atoms with Gasteiger partial charge in [0.05, 0.1) is 6.61 Å². The smallest absolute Gasteiger partial charge is 0.119 e. The highest BCUT2D eigenvalue weighted by molar-refractivity contribution is 5.33. The maximum absolute atomic E-state index is 9.20. The van der Waals surface area contributed by atoms with Gasteiger partial charge < -0.3 is 9.84 Å². The highest BCUT2D eigenvalue weighted by atomic mass is 16.5. The molecule has 0 unspecified atom stereocenters. The highest BCUT2D eigenvalue weighted by Crippen LogP contribution is 2.17. The van der Waals surface area contributed by atoms with Crippen LogP contribution in [-0.2, 0) is 6.42 Å². The summed E-state index contributed by atoms with van der Waals surface area (Å²) in [4.78, 5) is 0. The second-order valence-corrected chi connectivity index (χ2v) is 3.92. The van der Waals surface area contributed by atoms with Crippen LogP contribution < -0.4 is 4.74 Å². The van der Waals surface area contributed by atoms with Gasteiger partial charge in [0.1, 0.15) is 11.5 Å². The molecule has 0 saturated heterocycles. The number of phenols is 1. The topological polar surface area (TPSA) is 29.5 Å². The van der Waals surface area contributed by atoms with E-state index in [1.165, 1.54) is 11.1 Å². The summed E-state index contributed by atoms with van der Waals surface area (Å²) < 4.78 is 5.39. The molecule has 0 heterocycles. The van der Waals surface area contributed by atoms with Crippen LogP contribution in [0, 0.1) is 0 Å². The average molecular weight is 228 g/mol. The van der Waals surface area contributed by atoms with Crippen molar-refractivity contribution in [3.05, 3.63) is 59.7 Å². The molecule has 0 saturated carbocycles. The van der Waals surface area contributed by atoms with E-state index in [1.54, 1.807) is 12.1 Å². The van der Waals surface area contributed by atoms with E-state index >= 15 is 0 Å². The third kappa shape index (κ3) is 3.25. The highest BCUT2D eigenvalue weighted by Gasteiger charge is 1.98. The van der Waals surface area contributed by atoms with Crippen molar-refractivity contribution in [2.75, 3.05) is 6.61 Å². The molecule has 0 aliphatic rings. The Kier molecular flexibility index (Phi) is 3.66. The predicted molar refractivity (Wildman–Crippen MR) is 68.5 cm³/mol. The van der Waals surface area contributed by atoms with Gasteiger partial charge in [0.25, 0.3) is 0 Å². The van der Waals surface area contributed by atoms with Gasteiger partial charge in [-0.05, 0) is 48.7 Å². The SMILES string of the molecule is CCOc1ccc(Cc2ccc(O)cc2)cc1. The molecular weight excluding hydrogens is 212 g/mol. The number of phenolic OH excluding ortho intramolecular Hbond substituents is 1. The van der Waals surface area contributed by atoms with Crippen molar-refractivity contribution >= 4 is 0 Å². The molecular formula is C15H16O2. The Morgan fingerprint density at radius 1 is 0.882 bits per heavy atom. The van der Waals surface area contributed by atoms with Crippen molar-refractivity contribution in [3.63, 3.8) is 0 Å². The molecule has 0 radical (unpaired) electrons. The Balaban J connectivity index is 2.05. The Hall–Kier alpha value is -1.96. The Bertz CT molecular complexity index is 457. The molecule has 0 aliphatic carbocycles. The summed E-state index contributed by atoms with van der Waals surface area (Å²) in [6, 6.07) is 15.4. The molecule has 0 fully saturated rings. The second-order valence-electron chi connectivity index (χ2n) is 3.92. The van der Waals surface area contributed by atoms with E-state index < -0.39 is 0 Å². The Labute approximate surface area is 101 Å². The lowest BCUT2D eigenvalue weighted by Gasteiger charge is -2.05. The van der Waals surface area contributed by atoms with E-state index in [1.807, 2.05) is 31.2 Å². The molecule has 0 amide bonds. The van der Waals surface area contributed by atoms with Gasteiger partial charge in [-0.2, -0.15) is 0 Å². The first kappa shape index (κ1) is 11.5. The van der Waals surface area contributed by atoms with E-state index in [4.69, 9.17) is 4.74 Å². The minimum atomic E-state index is 0.306. The standard InChI is InChI=1S/C15H16O2/c1-2-17-15-9-5-13(6-10-15)11-12-3-7-14(16)8-4-12/h3-10,16H,2,11H2,1H3. The number of ether oxygens (including phenoxy) is 1. The first-order chi connectivity index (χ1) is 8.28. The normalized spacial score (nSPS) is 10.2. The molecule has 0 spiro atoms. The van der Waals surface area contributed by atoms with Gasteiger partial charge >= 0.3 is 0 Å². The van der Waals surface area contributed by atoms with Crippen molar-refractivity contribution in [2.45, 2.75) is 13.3 Å². The fraction of sp³-hybridized carbons (Fsp3) is 0.200. The third-order valence-corrected chi connectivity index (χ3v) is 2.58. The molecule has 2 heteroatoms. The van der Waals surface area contributed by atoms with Crippen molar-refractivity contribution in [3.8, 4) is 11.5 Å². The van der Waals surface area contributed by atoms with Crippen molar-refractivity contribution in [1.29, 1.82) is 0 Å². The van der Waals surface area contributed by atoms with Crippen LogP contribution in [0.3, 0.4) is 0 Å². The monoisotopic (exact) mass is 228 g/mol. The van der Waals surface area contributed by atoms with Crippen LogP contribution >= 0.6 is 0 Å². The molecule has 0 aromatic heterocycles. The molecule has 1 N–H and O–H groups in total. The lowest BCUT2D eigenvalue weighted by Crippen LogP contribution is -1.92. The zero-order chi connectivity index (χ0) is 12.1. The lowest BCUT2D eigenvalue weighted by atomic mass is 10.0. The number of rotatable bonds is 4. The van der Waals surface area contributed by atoms with E-state index in [9.17, 15) is 5.11 Å². The van der Waals surface area contributed by atoms with E-state index in [0.29, 0.717) is 12.4 Å². The van der Waals surface area contributed by atoms with E-state index in [2.05, 4.69) is 12.1 Å². The molecule has 2 aromatic rings. The van der Waals surface area contributed by atoms with Crippen LogP contribution in [0.4, 0.5) is 0 Å². The van der Waals surface area contributed by atoms with Gasteiger partial charge in [0, 0.05) is 0 Å². The largest absolute Gasteiger partial charge is 0.508 e. The van der Waals surface area contributed by atoms with Crippen molar-refractivity contribution in [1.82, 2.24) is 0 Å². The molecule has 0 atom stereocenters. The number of benzene rings is 2. The maximum Gasteiger partial charge on any atom is 0.119 e. The predicted octanol–water partition coefficient (Wildman–Crippen LogP) is 3.38. The average Bonchev–Trinajstić information content (AvgIpc) is 2.35. The number of hydrogen-bond donors (Lipinski definition) is 1. The first-order valence-electron chi connectivity index (χ1n) is 5.77. The van der Waals surface area contributed by atoms with Crippen LogP contribution in [-0.4, -0.2) is 11.7 Å². The molecule has 0 bridgehead atoms. The number of hydrogen-bond acceptors (Lipinski definition) is 2. The Morgan fingerprint density at radius 2 is 1.41 bits per heavy atom. The third-order valence-electron chi connectivity index (χ3n) is 2.58. The van der Waals surface area contributed by atoms with E-state index in [0.717, 1.165) is 12.2 Å². The van der Waals surface area contributed by atoms with Gasteiger partial charge in [0.2, 0.25) is 0 Å². The molecule has 0 aliphatic heterocycles. The molecule has 2 aromatic carbocycles. The summed E-state index contributed by atoms with van der Waals surface area (Å²) in [7, 11) is 0. The summed E-state index contributed by atoms with van der Waals surface area (Å²) in [5.74, 6) is 1.21. The van der Waals surface area contributed by atoms with E-state index in [-0.39, 0.29) is 0 Å². The van der Waals surface area contributed by atoms with Crippen molar-refractivity contribution < 1.29 is 9.84 Å². The van der Waals surface area contributed by atoms with Crippen LogP contribution in [0.1, 0.15) is 18.1 Å². The molecule has 2 nitrogen and oxygen atoms in total. The molecule has 2 rings (SSSR count). The van der Waals surface area contributed by atoms with Gasteiger partial charge in [0.15, 0.2) is 0 Å². The first-order valence-corrected chi connectivity index (χ1v) is 5.77. The van der Waals surface area contributed by atoms with Gasteiger partial charge in [-0.3, -0.25) is 0 Å². The van der Waals surface area contributed by atoms with Crippen LogP contribution in [0.5, 0.6) is 11.5 Å². The molecule has 88 valence electrons.